The molecule has 0 fully saturated rings. The van der Waals surface area contributed by atoms with Gasteiger partial charge < -0.3 is 10.8 Å². The smallest absolute Gasteiger partial charge is 0.0966 e. The number of nitriles is 1. The molecule has 0 spiro atoms. The second-order valence-corrected chi connectivity index (χ2v) is 2.71. The van der Waals surface area contributed by atoms with Crippen molar-refractivity contribution in [2.45, 2.75) is 13.0 Å². The van der Waals surface area contributed by atoms with Crippen molar-refractivity contribution in [3.63, 3.8) is 0 Å². The fourth-order valence-corrected chi connectivity index (χ4v) is 1.01. The summed E-state index contributed by atoms with van der Waals surface area (Å²) in [7, 11) is 0. The molecule has 0 aromatic heterocycles. The number of hydrogen-bond acceptors (Lipinski definition) is 3. The van der Waals surface area contributed by atoms with E-state index in [-0.39, 0.29) is 13.0 Å². The topological polar surface area (TPSA) is 70.0 Å². The summed E-state index contributed by atoms with van der Waals surface area (Å²) in [6, 6.07) is 7.11. The summed E-state index contributed by atoms with van der Waals surface area (Å²) in [5.41, 5.74) is 7.57. The Hall–Kier alpha value is -1.97. The third-order valence-corrected chi connectivity index (χ3v) is 1.71. The van der Waals surface area contributed by atoms with E-state index >= 15 is 0 Å². The zero-order chi connectivity index (χ0) is 10.4. The lowest BCUT2D eigenvalue weighted by molar-refractivity contribution is 0.282. The molecule has 3 heteroatoms. The molecule has 70 valence electrons. The molecular weight excluding hydrogens is 176 g/mol. The molecule has 0 aliphatic carbocycles. The van der Waals surface area contributed by atoms with Crippen molar-refractivity contribution in [2.24, 2.45) is 0 Å². The number of benzene rings is 1. The predicted octanol–water partition coefficient (Wildman–Crippen LogP) is 1.03. The Morgan fingerprint density at radius 3 is 2.86 bits per heavy atom. The molecule has 0 saturated heterocycles. The van der Waals surface area contributed by atoms with Gasteiger partial charge in [-0.05, 0) is 18.2 Å². The maximum atomic E-state index is 8.93. The van der Waals surface area contributed by atoms with Crippen LogP contribution < -0.4 is 5.73 Å². The van der Waals surface area contributed by atoms with Crippen LogP contribution in [0.5, 0.6) is 0 Å². The lowest BCUT2D eigenvalue weighted by atomic mass is 10.1. The molecule has 1 rings (SSSR count). The van der Waals surface area contributed by atoms with E-state index in [1.807, 2.05) is 6.07 Å². The number of nitrogens with zero attached hydrogens (tertiary/aromatic N) is 1. The Labute approximate surface area is 82.8 Å². The molecule has 0 saturated carbocycles. The first-order valence-corrected chi connectivity index (χ1v) is 4.13. The Morgan fingerprint density at radius 2 is 2.21 bits per heavy atom. The second kappa shape index (κ2) is 4.91. The van der Waals surface area contributed by atoms with E-state index in [4.69, 9.17) is 16.1 Å². The average Bonchev–Trinajstić information content (AvgIpc) is 2.21. The van der Waals surface area contributed by atoms with Gasteiger partial charge in [0.1, 0.15) is 0 Å². The highest BCUT2D eigenvalue weighted by atomic mass is 16.3. The molecular formula is C11H10N2O. The summed E-state index contributed by atoms with van der Waals surface area (Å²) in [6.45, 7) is -0.0976. The van der Waals surface area contributed by atoms with E-state index < -0.39 is 0 Å². The van der Waals surface area contributed by atoms with E-state index in [9.17, 15) is 0 Å². The molecule has 0 aliphatic heterocycles. The van der Waals surface area contributed by atoms with Crippen molar-refractivity contribution in [1.29, 1.82) is 5.26 Å². The number of nitrogens with two attached hydrogens (primary N) is 1. The van der Waals surface area contributed by atoms with Crippen molar-refractivity contribution in [3.8, 4) is 17.9 Å². The summed E-state index contributed by atoms with van der Waals surface area (Å²) in [5, 5.41) is 17.2. The third-order valence-electron chi connectivity index (χ3n) is 1.71. The fraction of sp³-hybridized carbons (Fsp3) is 0.182. The van der Waals surface area contributed by atoms with Crippen LogP contribution in [-0.2, 0) is 6.61 Å². The fourth-order valence-electron chi connectivity index (χ4n) is 1.01. The normalized spacial score (nSPS) is 8.57. The van der Waals surface area contributed by atoms with Gasteiger partial charge in [0.2, 0.25) is 0 Å². The van der Waals surface area contributed by atoms with Gasteiger partial charge in [-0.15, -0.1) is 0 Å². The highest BCUT2D eigenvalue weighted by Crippen LogP contribution is 2.13. The minimum absolute atomic E-state index is 0.0976. The van der Waals surface area contributed by atoms with Gasteiger partial charge in [-0.3, -0.25) is 0 Å². The molecule has 0 amide bonds. The molecule has 0 bridgehead atoms. The molecule has 0 unspecified atom stereocenters. The number of nitrogen functional groups attached to an aromatic ring is 1. The van der Waals surface area contributed by atoms with E-state index in [2.05, 4.69) is 11.8 Å². The van der Waals surface area contributed by atoms with Crippen molar-refractivity contribution >= 4 is 5.69 Å². The standard InChI is InChI=1S/C11H10N2O/c12-6-2-1-3-9-4-5-11(13)10(7-9)8-14/h4-5,7,14H,2,8,13H2. The summed E-state index contributed by atoms with van der Waals surface area (Å²) < 4.78 is 0. The first kappa shape index (κ1) is 10.1. The summed E-state index contributed by atoms with van der Waals surface area (Å²) in [4.78, 5) is 0. The van der Waals surface area contributed by atoms with E-state index in [1.54, 1.807) is 18.2 Å². The van der Waals surface area contributed by atoms with E-state index in [0.717, 1.165) is 5.56 Å². The number of aliphatic hydroxyl groups is 1. The van der Waals surface area contributed by atoms with Crippen LogP contribution in [0.25, 0.3) is 0 Å². The van der Waals surface area contributed by atoms with E-state index in [1.165, 1.54) is 0 Å². The molecule has 0 radical (unpaired) electrons. The van der Waals surface area contributed by atoms with Gasteiger partial charge in [0.05, 0.1) is 19.1 Å². The molecule has 14 heavy (non-hydrogen) atoms. The zero-order valence-electron chi connectivity index (χ0n) is 7.62. The van der Waals surface area contributed by atoms with Crippen LogP contribution in [0, 0.1) is 23.2 Å². The van der Waals surface area contributed by atoms with Crippen molar-refractivity contribution in [1.82, 2.24) is 0 Å². The van der Waals surface area contributed by atoms with Gasteiger partial charge in [-0.2, -0.15) is 5.26 Å². The van der Waals surface area contributed by atoms with Crippen molar-refractivity contribution in [3.05, 3.63) is 29.3 Å². The van der Waals surface area contributed by atoms with Crippen LogP contribution in [0.1, 0.15) is 17.5 Å². The molecule has 3 nitrogen and oxygen atoms in total. The van der Waals surface area contributed by atoms with Crippen molar-refractivity contribution in [2.75, 3.05) is 5.73 Å². The first-order valence-electron chi connectivity index (χ1n) is 4.13. The Morgan fingerprint density at radius 1 is 1.43 bits per heavy atom. The lowest BCUT2D eigenvalue weighted by Gasteiger charge is -2.01. The summed E-state index contributed by atoms with van der Waals surface area (Å²) in [5.74, 6) is 5.50. The number of anilines is 1. The molecule has 0 aliphatic rings. The number of hydrogen-bond donors (Lipinski definition) is 2. The largest absolute Gasteiger partial charge is 0.398 e. The Balaban J connectivity index is 2.92. The summed E-state index contributed by atoms with van der Waals surface area (Å²) in [6.07, 6.45) is 0.207. The van der Waals surface area contributed by atoms with Gasteiger partial charge in [-0.1, -0.05) is 11.8 Å². The molecule has 1 aromatic carbocycles. The quantitative estimate of drug-likeness (QED) is 0.508. The zero-order valence-corrected chi connectivity index (χ0v) is 7.62. The highest BCUT2D eigenvalue weighted by Gasteiger charge is 1.97. The van der Waals surface area contributed by atoms with E-state index in [0.29, 0.717) is 11.3 Å². The van der Waals surface area contributed by atoms with Gasteiger partial charge >= 0.3 is 0 Å². The van der Waals surface area contributed by atoms with Crippen LogP contribution in [0.15, 0.2) is 18.2 Å². The van der Waals surface area contributed by atoms with Gasteiger partial charge in [0.25, 0.3) is 0 Å². The molecule has 0 atom stereocenters. The third kappa shape index (κ3) is 2.52. The first-order chi connectivity index (χ1) is 6.77. The minimum atomic E-state index is -0.0976. The number of rotatable bonds is 1. The predicted molar refractivity (Wildman–Crippen MR) is 53.9 cm³/mol. The Kier molecular flexibility index (Phi) is 3.55. The highest BCUT2D eigenvalue weighted by molar-refractivity contribution is 5.51. The minimum Gasteiger partial charge on any atom is -0.398 e. The van der Waals surface area contributed by atoms with Gasteiger partial charge in [-0.25, -0.2) is 0 Å². The van der Waals surface area contributed by atoms with Gasteiger partial charge in [0, 0.05) is 16.8 Å². The average molecular weight is 186 g/mol. The van der Waals surface area contributed by atoms with Crippen LogP contribution >= 0.6 is 0 Å². The van der Waals surface area contributed by atoms with Crippen LogP contribution in [0.4, 0.5) is 5.69 Å². The van der Waals surface area contributed by atoms with Crippen LogP contribution in [-0.4, -0.2) is 5.11 Å². The monoisotopic (exact) mass is 186 g/mol. The maximum Gasteiger partial charge on any atom is 0.0966 e. The maximum absolute atomic E-state index is 8.93. The SMILES string of the molecule is N#CCC#Cc1ccc(N)c(CO)c1. The number of aliphatic hydroxyl groups excluding tert-OH is 1. The molecule has 0 heterocycles. The van der Waals surface area contributed by atoms with Crippen LogP contribution in [0.3, 0.4) is 0 Å². The molecule has 1 aromatic rings. The van der Waals surface area contributed by atoms with Crippen LogP contribution in [0.2, 0.25) is 0 Å². The summed E-state index contributed by atoms with van der Waals surface area (Å²) >= 11 is 0. The Bertz CT molecular complexity index is 421. The second-order valence-electron chi connectivity index (χ2n) is 2.71. The van der Waals surface area contributed by atoms with Gasteiger partial charge in [0.15, 0.2) is 0 Å². The lowest BCUT2D eigenvalue weighted by Crippen LogP contribution is -1.94. The molecule has 3 N–H and O–H groups in total. The van der Waals surface area contributed by atoms with Crippen molar-refractivity contribution < 1.29 is 5.11 Å².